The Morgan fingerprint density at radius 3 is 2.47 bits per heavy atom. The van der Waals surface area contributed by atoms with Gasteiger partial charge >= 0.3 is 6.03 Å². The van der Waals surface area contributed by atoms with Gasteiger partial charge in [-0.1, -0.05) is 13.3 Å². The van der Waals surface area contributed by atoms with E-state index in [-0.39, 0.29) is 6.03 Å². The number of carbonyl (C=O) groups is 1. The minimum Gasteiger partial charge on any atom is -0.382 e. The van der Waals surface area contributed by atoms with Crippen molar-refractivity contribution in [1.29, 1.82) is 0 Å². The number of benzene rings is 1. The van der Waals surface area contributed by atoms with Gasteiger partial charge in [0.15, 0.2) is 0 Å². The number of nitrogens with one attached hydrogen (secondary N) is 3. The molecule has 4 nitrogen and oxygen atoms in total. The van der Waals surface area contributed by atoms with Gasteiger partial charge in [0.05, 0.1) is 0 Å². The van der Waals surface area contributed by atoms with Gasteiger partial charge in [-0.15, -0.1) is 0 Å². The van der Waals surface area contributed by atoms with Crippen molar-refractivity contribution in [2.24, 2.45) is 5.92 Å². The molecule has 1 aliphatic rings. The number of rotatable bonds is 4. The highest BCUT2D eigenvalue weighted by atomic mass is 16.2. The molecule has 0 heterocycles. The van der Waals surface area contributed by atoms with Crippen molar-refractivity contribution in [3.8, 4) is 0 Å². The van der Waals surface area contributed by atoms with Gasteiger partial charge in [-0.05, 0) is 49.4 Å². The van der Waals surface area contributed by atoms with E-state index in [1.807, 2.05) is 24.3 Å². The van der Waals surface area contributed by atoms with E-state index >= 15 is 0 Å². The van der Waals surface area contributed by atoms with Crippen molar-refractivity contribution in [1.82, 2.24) is 5.32 Å². The lowest BCUT2D eigenvalue weighted by Gasteiger charge is -2.15. The normalized spacial score (nSPS) is 22.0. The van der Waals surface area contributed by atoms with E-state index in [1.54, 1.807) is 7.05 Å². The fourth-order valence-corrected chi connectivity index (χ4v) is 2.66. The monoisotopic (exact) mass is 261 g/mol. The van der Waals surface area contributed by atoms with E-state index in [0.717, 1.165) is 17.3 Å². The van der Waals surface area contributed by atoms with E-state index in [9.17, 15) is 4.79 Å². The van der Waals surface area contributed by atoms with Gasteiger partial charge < -0.3 is 16.0 Å². The molecular formula is C15H23N3O. The highest BCUT2D eigenvalue weighted by Crippen LogP contribution is 2.30. The predicted molar refractivity (Wildman–Crippen MR) is 79.6 cm³/mol. The molecule has 0 aliphatic heterocycles. The molecule has 3 N–H and O–H groups in total. The molecule has 4 heteroatoms. The zero-order chi connectivity index (χ0) is 13.7. The molecule has 19 heavy (non-hydrogen) atoms. The Labute approximate surface area is 115 Å². The van der Waals surface area contributed by atoms with Crippen LogP contribution in [0, 0.1) is 5.92 Å². The number of hydrogen-bond acceptors (Lipinski definition) is 2. The predicted octanol–water partition coefficient (Wildman–Crippen LogP) is 3.43. The first kappa shape index (κ1) is 13.7. The quantitative estimate of drug-likeness (QED) is 0.777. The van der Waals surface area contributed by atoms with Crippen LogP contribution in [0.15, 0.2) is 24.3 Å². The third-order valence-electron chi connectivity index (χ3n) is 3.86. The average molecular weight is 261 g/mol. The van der Waals surface area contributed by atoms with Gasteiger partial charge in [0.25, 0.3) is 0 Å². The molecule has 2 rings (SSSR count). The first-order valence-electron chi connectivity index (χ1n) is 7.06. The minimum absolute atomic E-state index is 0.192. The average Bonchev–Trinajstić information content (AvgIpc) is 2.88. The maximum absolute atomic E-state index is 11.2. The van der Waals surface area contributed by atoms with Crippen molar-refractivity contribution in [3.05, 3.63) is 24.3 Å². The van der Waals surface area contributed by atoms with E-state index in [4.69, 9.17) is 0 Å². The first-order chi connectivity index (χ1) is 9.21. The van der Waals surface area contributed by atoms with Crippen LogP contribution in [0.5, 0.6) is 0 Å². The zero-order valence-electron chi connectivity index (χ0n) is 11.7. The third kappa shape index (κ3) is 3.88. The van der Waals surface area contributed by atoms with Gasteiger partial charge in [0.1, 0.15) is 0 Å². The SMILES string of the molecule is CCC1CCC(Nc2ccc(NC(=O)NC)cc2)C1. The van der Waals surface area contributed by atoms with Crippen molar-refractivity contribution in [2.45, 2.75) is 38.6 Å². The second-order valence-electron chi connectivity index (χ2n) is 5.21. The molecule has 0 spiro atoms. The number of amides is 2. The van der Waals surface area contributed by atoms with Gasteiger partial charge in [0, 0.05) is 24.5 Å². The molecule has 1 saturated carbocycles. The fraction of sp³-hybridized carbons (Fsp3) is 0.533. The topological polar surface area (TPSA) is 53.2 Å². The molecule has 0 aromatic heterocycles. The summed E-state index contributed by atoms with van der Waals surface area (Å²) in [5.74, 6) is 0.881. The number of hydrogen-bond donors (Lipinski definition) is 3. The summed E-state index contributed by atoms with van der Waals surface area (Å²) in [6, 6.07) is 8.29. The second kappa shape index (κ2) is 6.45. The third-order valence-corrected chi connectivity index (χ3v) is 3.86. The molecule has 0 radical (unpaired) electrons. The van der Waals surface area contributed by atoms with Gasteiger partial charge in [-0.2, -0.15) is 0 Å². The van der Waals surface area contributed by atoms with Crippen LogP contribution in [0.2, 0.25) is 0 Å². The van der Waals surface area contributed by atoms with Crippen LogP contribution in [-0.4, -0.2) is 19.1 Å². The lowest BCUT2D eigenvalue weighted by molar-refractivity contribution is 0.254. The lowest BCUT2D eigenvalue weighted by Crippen LogP contribution is -2.24. The molecule has 2 amide bonds. The number of urea groups is 1. The Morgan fingerprint density at radius 1 is 1.21 bits per heavy atom. The molecule has 0 saturated heterocycles. The molecule has 2 atom stereocenters. The molecule has 1 aromatic carbocycles. The van der Waals surface area contributed by atoms with Crippen LogP contribution in [0.3, 0.4) is 0 Å². The van der Waals surface area contributed by atoms with Gasteiger partial charge in [-0.3, -0.25) is 0 Å². The van der Waals surface area contributed by atoms with Gasteiger partial charge in [0.2, 0.25) is 0 Å². The molecule has 1 aliphatic carbocycles. The summed E-state index contributed by atoms with van der Waals surface area (Å²) >= 11 is 0. The van der Waals surface area contributed by atoms with Gasteiger partial charge in [-0.25, -0.2) is 4.79 Å². The van der Waals surface area contributed by atoms with Crippen LogP contribution < -0.4 is 16.0 Å². The number of carbonyl (C=O) groups excluding carboxylic acids is 1. The molecule has 1 aromatic rings. The zero-order valence-corrected chi connectivity index (χ0v) is 11.7. The Bertz CT molecular complexity index is 416. The van der Waals surface area contributed by atoms with Crippen LogP contribution in [0.25, 0.3) is 0 Å². The summed E-state index contributed by atoms with van der Waals surface area (Å²) in [6.45, 7) is 2.27. The van der Waals surface area contributed by atoms with Crippen molar-refractivity contribution in [3.63, 3.8) is 0 Å². The lowest BCUT2D eigenvalue weighted by atomic mass is 10.1. The molecule has 2 unspecified atom stereocenters. The van der Waals surface area contributed by atoms with Crippen LogP contribution >= 0.6 is 0 Å². The highest BCUT2D eigenvalue weighted by molar-refractivity contribution is 5.89. The van der Waals surface area contributed by atoms with Crippen LogP contribution in [0.1, 0.15) is 32.6 Å². The number of anilines is 2. The minimum atomic E-state index is -0.192. The maximum Gasteiger partial charge on any atom is 0.318 e. The highest BCUT2D eigenvalue weighted by Gasteiger charge is 2.22. The van der Waals surface area contributed by atoms with E-state index < -0.39 is 0 Å². The standard InChI is InChI=1S/C15H23N3O/c1-3-11-4-5-14(10-11)17-12-6-8-13(9-7-12)18-15(19)16-2/h6-9,11,14,17H,3-5,10H2,1-2H3,(H2,16,18,19). The largest absolute Gasteiger partial charge is 0.382 e. The summed E-state index contributed by atoms with van der Waals surface area (Å²) in [5, 5.41) is 8.85. The van der Waals surface area contributed by atoms with Crippen LogP contribution in [0.4, 0.5) is 16.2 Å². The molecule has 0 bridgehead atoms. The maximum atomic E-state index is 11.2. The summed E-state index contributed by atoms with van der Waals surface area (Å²) in [5.41, 5.74) is 1.94. The summed E-state index contributed by atoms with van der Waals surface area (Å²) < 4.78 is 0. The Hall–Kier alpha value is -1.71. The second-order valence-corrected chi connectivity index (χ2v) is 5.21. The van der Waals surface area contributed by atoms with Crippen molar-refractivity contribution < 1.29 is 4.79 Å². The fourth-order valence-electron chi connectivity index (χ4n) is 2.66. The Morgan fingerprint density at radius 2 is 1.89 bits per heavy atom. The van der Waals surface area contributed by atoms with E-state index in [2.05, 4.69) is 22.9 Å². The summed E-state index contributed by atoms with van der Waals surface area (Å²) in [4.78, 5) is 11.2. The summed E-state index contributed by atoms with van der Waals surface area (Å²) in [7, 11) is 1.61. The smallest absolute Gasteiger partial charge is 0.318 e. The molecule has 1 fully saturated rings. The molecule has 104 valence electrons. The van der Waals surface area contributed by atoms with E-state index in [1.165, 1.54) is 25.7 Å². The first-order valence-corrected chi connectivity index (χ1v) is 7.06. The Kier molecular flexibility index (Phi) is 4.66. The Balaban J connectivity index is 1.87. The van der Waals surface area contributed by atoms with Crippen molar-refractivity contribution in [2.75, 3.05) is 17.7 Å². The van der Waals surface area contributed by atoms with E-state index in [0.29, 0.717) is 6.04 Å². The summed E-state index contributed by atoms with van der Waals surface area (Å²) in [6.07, 6.45) is 5.16. The van der Waals surface area contributed by atoms with Crippen LogP contribution in [-0.2, 0) is 0 Å². The molecular weight excluding hydrogens is 238 g/mol. The van der Waals surface area contributed by atoms with Crippen molar-refractivity contribution >= 4 is 17.4 Å².